The van der Waals surface area contributed by atoms with Gasteiger partial charge in [0.25, 0.3) is 0 Å². The fourth-order valence-electron chi connectivity index (χ4n) is 6.97. The minimum absolute atomic E-state index is 0.145. The second kappa shape index (κ2) is 35.3. The van der Waals surface area contributed by atoms with Crippen LogP contribution in [0.4, 0.5) is 0 Å². The zero-order valence-electron chi connectivity index (χ0n) is 51.1. The van der Waals surface area contributed by atoms with Gasteiger partial charge in [0.15, 0.2) is 0 Å². The largest absolute Gasteiger partial charge is 0.122 e. The molecule has 0 aromatic carbocycles. The highest BCUT2D eigenvalue weighted by molar-refractivity contribution is 6.22. The number of halogens is 4. The van der Waals surface area contributed by atoms with Crippen molar-refractivity contribution in [2.75, 3.05) is 5.88 Å². The molecule has 0 aliphatic carbocycles. The lowest BCUT2D eigenvalue weighted by molar-refractivity contribution is 0.307. The molecule has 0 rings (SSSR count). The molecule has 0 saturated carbocycles. The van der Waals surface area contributed by atoms with Gasteiger partial charge in [0, 0.05) is 5.88 Å². The maximum Gasteiger partial charge on any atom is 0.0543 e. The summed E-state index contributed by atoms with van der Waals surface area (Å²) in [6.07, 6.45) is 28.1. The lowest BCUT2D eigenvalue weighted by Crippen LogP contribution is -2.17. The Labute approximate surface area is 451 Å². The first-order valence-electron chi connectivity index (χ1n) is 27.9. The molecule has 0 bridgehead atoms. The van der Waals surface area contributed by atoms with Gasteiger partial charge >= 0.3 is 0 Å². The van der Waals surface area contributed by atoms with E-state index in [-0.39, 0.29) is 27.0 Å². The number of hydrogen-bond acceptors (Lipinski definition) is 0. The summed E-state index contributed by atoms with van der Waals surface area (Å²) in [7, 11) is 0. The van der Waals surface area contributed by atoms with Gasteiger partial charge < -0.3 is 0 Å². The fraction of sp³-hybridized carbons (Fsp3) is 0.875. The molecule has 4 heteroatoms. The molecule has 0 aromatic heterocycles. The van der Waals surface area contributed by atoms with Gasteiger partial charge in [-0.1, -0.05) is 252 Å². The molecule has 0 N–H and O–H groups in total. The van der Waals surface area contributed by atoms with Crippen LogP contribution in [0.5, 0.6) is 0 Å². The molecule has 3 atom stereocenters. The summed E-state index contributed by atoms with van der Waals surface area (Å²) in [5.74, 6) is 0.690. The highest BCUT2D eigenvalue weighted by Gasteiger charge is 2.24. The summed E-state index contributed by atoms with van der Waals surface area (Å²) in [5, 5.41) is 0.546. The first-order chi connectivity index (χ1) is 30.7. The van der Waals surface area contributed by atoms with E-state index in [4.69, 9.17) is 46.4 Å². The average Bonchev–Trinajstić information content (AvgIpc) is 3.26. The third-order valence-electron chi connectivity index (χ3n) is 16.3. The van der Waals surface area contributed by atoms with Crippen LogP contribution < -0.4 is 0 Å². The van der Waals surface area contributed by atoms with Crippen LogP contribution in [0.15, 0.2) is 47.1 Å². The zero-order chi connectivity index (χ0) is 54.6. The van der Waals surface area contributed by atoms with E-state index in [1.165, 1.54) is 92.9 Å². The number of allylic oxidation sites excluding steroid dienone is 7. The van der Waals surface area contributed by atoms with Crippen LogP contribution in [0, 0.1) is 43.3 Å². The standard InChI is InChI=1S/4C16H31Cl/c3*1-8-15(4,5)11-10-14(17)13(3)12-16(6,7)9-2;1-7-15(3,4)11-9-10-14(13-17)12-16(5,6)8-2/h2*12,14H,8-11H2,1-7H3;14H,3,8-12H2,1-2,4-7H3;10H,7-9,11-13H2,1-6H3/b13-12+;13-12-;;14-10-/t;;14-;/m..1./s1. The predicted octanol–water partition coefficient (Wildman–Crippen LogP) is 24.8. The van der Waals surface area contributed by atoms with E-state index in [1.54, 1.807) is 0 Å². The smallest absolute Gasteiger partial charge is 0.0543 e. The van der Waals surface area contributed by atoms with Gasteiger partial charge in [-0.15, -0.1) is 46.4 Å². The summed E-state index contributed by atoms with van der Waals surface area (Å²) in [4.78, 5) is 0. The van der Waals surface area contributed by atoms with Gasteiger partial charge in [-0.25, -0.2) is 0 Å². The first kappa shape index (κ1) is 74.6. The highest BCUT2D eigenvalue weighted by Crippen LogP contribution is 2.37. The van der Waals surface area contributed by atoms with E-state index >= 15 is 0 Å². The Hall–Kier alpha value is 0.120. The molecular weight excluding hydrogens is 911 g/mol. The summed E-state index contributed by atoms with van der Waals surface area (Å²) in [6, 6.07) is 0. The van der Waals surface area contributed by atoms with Crippen LogP contribution in [-0.4, -0.2) is 22.0 Å². The van der Waals surface area contributed by atoms with Crippen molar-refractivity contribution in [2.24, 2.45) is 43.3 Å². The van der Waals surface area contributed by atoms with Crippen molar-refractivity contribution in [1.82, 2.24) is 0 Å². The highest BCUT2D eigenvalue weighted by atomic mass is 35.5. The molecule has 0 aliphatic heterocycles. The number of alkyl halides is 4. The van der Waals surface area contributed by atoms with Gasteiger partial charge in [-0.3, -0.25) is 0 Å². The van der Waals surface area contributed by atoms with Gasteiger partial charge in [0.1, 0.15) is 0 Å². The number of hydrogen-bond donors (Lipinski definition) is 0. The normalized spacial score (nSPS) is 15.3. The van der Waals surface area contributed by atoms with E-state index in [1.807, 2.05) is 0 Å². The Bertz CT molecular complexity index is 1340. The van der Waals surface area contributed by atoms with Crippen molar-refractivity contribution in [3.63, 3.8) is 0 Å². The van der Waals surface area contributed by atoms with Gasteiger partial charge in [0.2, 0.25) is 0 Å². The van der Waals surface area contributed by atoms with E-state index < -0.39 is 0 Å². The molecule has 0 spiro atoms. The Morgan fingerprint density at radius 2 is 0.691 bits per heavy atom. The van der Waals surface area contributed by atoms with Crippen LogP contribution in [-0.2, 0) is 0 Å². The molecule has 0 aromatic rings. The second-order valence-corrected chi connectivity index (χ2v) is 29.0. The van der Waals surface area contributed by atoms with E-state index in [9.17, 15) is 0 Å². The molecular formula is C64H124Cl4. The van der Waals surface area contributed by atoms with Gasteiger partial charge in [0.05, 0.1) is 16.1 Å². The Morgan fingerprint density at radius 1 is 0.412 bits per heavy atom. The van der Waals surface area contributed by atoms with E-state index in [2.05, 4.69) is 205 Å². The van der Waals surface area contributed by atoms with Crippen molar-refractivity contribution >= 4 is 46.4 Å². The van der Waals surface area contributed by atoms with Gasteiger partial charge in [-0.2, -0.15) is 0 Å². The third kappa shape index (κ3) is 40.6. The maximum atomic E-state index is 6.49. The molecule has 0 heterocycles. The monoisotopic (exact) mass is 1030 g/mol. The zero-order valence-corrected chi connectivity index (χ0v) is 54.1. The molecule has 0 aliphatic rings. The minimum Gasteiger partial charge on any atom is -0.122 e. The molecule has 0 amide bonds. The molecule has 0 radical (unpaired) electrons. The molecule has 408 valence electrons. The van der Waals surface area contributed by atoms with E-state index in [0.29, 0.717) is 38.4 Å². The Morgan fingerprint density at radius 3 is 0.971 bits per heavy atom. The summed E-state index contributed by atoms with van der Waals surface area (Å²) in [6.45, 7) is 63.4. The maximum absolute atomic E-state index is 6.49. The average molecular weight is 1040 g/mol. The van der Waals surface area contributed by atoms with Crippen LogP contribution >= 0.6 is 46.4 Å². The Kier molecular flexibility index (Phi) is 38.8. The Balaban J connectivity index is -0.000000402. The van der Waals surface area contributed by atoms with E-state index in [0.717, 1.165) is 44.9 Å². The summed E-state index contributed by atoms with van der Waals surface area (Å²) in [5.41, 5.74) is 8.32. The van der Waals surface area contributed by atoms with Crippen molar-refractivity contribution in [3.05, 3.63) is 47.1 Å². The van der Waals surface area contributed by atoms with Crippen LogP contribution in [0.3, 0.4) is 0 Å². The minimum atomic E-state index is 0.145. The lowest BCUT2D eigenvalue weighted by Gasteiger charge is -2.28. The van der Waals surface area contributed by atoms with Crippen molar-refractivity contribution < 1.29 is 0 Å². The first-order valence-corrected chi connectivity index (χ1v) is 29.7. The van der Waals surface area contributed by atoms with Crippen LogP contribution in [0.25, 0.3) is 0 Å². The summed E-state index contributed by atoms with van der Waals surface area (Å²) < 4.78 is 0. The molecule has 0 fully saturated rings. The van der Waals surface area contributed by atoms with Gasteiger partial charge in [-0.05, 0) is 134 Å². The molecule has 2 unspecified atom stereocenters. The SMILES string of the molecule is C=C(CC(C)(C)CC)[C@H](Cl)CCC(C)(C)CC.CCC(C)(C)/C=C(/C)C(Cl)CCC(C)(C)CC.CCC(C)(C)/C=C(\C)C(Cl)CCC(C)(C)CC.CCC(C)(C)CC/C=C(\CCl)CC(C)(C)CC. The topological polar surface area (TPSA) is 0 Å². The van der Waals surface area contributed by atoms with Crippen LogP contribution in [0.1, 0.15) is 296 Å². The predicted molar refractivity (Wildman–Crippen MR) is 323 cm³/mol. The van der Waals surface area contributed by atoms with Crippen LogP contribution in [0.2, 0.25) is 0 Å². The molecule has 0 saturated heterocycles. The second-order valence-electron chi connectivity index (χ2n) is 27.1. The molecule has 68 heavy (non-hydrogen) atoms. The number of rotatable bonds is 30. The fourth-order valence-corrected chi connectivity index (χ4v) is 7.70. The summed E-state index contributed by atoms with van der Waals surface area (Å²) >= 11 is 25.5. The van der Waals surface area contributed by atoms with Crippen molar-refractivity contribution in [1.29, 1.82) is 0 Å². The lowest BCUT2D eigenvalue weighted by atomic mass is 9.80. The quantitative estimate of drug-likeness (QED) is 0.0497. The third-order valence-corrected chi connectivity index (χ3v) is 18.3. The van der Waals surface area contributed by atoms with Crippen molar-refractivity contribution in [2.45, 2.75) is 312 Å². The van der Waals surface area contributed by atoms with Crippen molar-refractivity contribution in [3.8, 4) is 0 Å². The molecule has 0 nitrogen and oxygen atoms in total.